The van der Waals surface area contributed by atoms with Crippen molar-refractivity contribution in [2.24, 2.45) is 7.05 Å². The minimum atomic E-state index is 0.510. The van der Waals surface area contributed by atoms with Gasteiger partial charge in [0.2, 0.25) is 0 Å². The monoisotopic (exact) mass is 321 g/mol. The van der Waals surface area contributed by atoms with Gasteiger partial charge >= 0.3 is 0 Å². The van der Waals surface area contributed by atoms with Gasteiger partial charge in [-0.25, -0.2) is 0 Å². The second-order valence-corrected chi connectivity index (χ2v) is 5.62. The first-order valence-electron chi connectivity index (χ1n) is 6.58. The SMILES string of the molecule is CNCC(CCc1ccnn1C)c1ccccc1Br. The molecule has 1 heterocycles. The summed E-state index contributed by atoms with van der Waals surface area (Å²) < 4.78 is 3.15. The molecule has 0 aliphatic rings. The summed E-state index contributed by atoms with van der Waals surface area (Å²) in [6.45, 7) is 0.987. The topological polar surface area (TPSA) is 29.9 Å². The molecule has 0 amide bonds. The molecule has 102 valence electrons. The van der Waals surface area contributed by atoms with Crippen LogP contribution in [-0.2, 0) is 13.5 Å². The Morgan fingerprint density at radius 1 is 1.32 bits per heavy atom. The molecular weight excluding hydrogens is 302 g/mol. The Morgan fingerprint density at radius 3 is 2.74 bits per heavy atom. The largest absolute Gasteiger partial charge is 0.319 e. The molecule has 19 heavy (non-hydrogen) atoms. The van der Waals surface area contributed by atoms with E-state index in [0.717, 1.165) is 19.4 Å². The molecule has 0 saturated heterocycles. The third-order valence-corrected chi connectivity index (χ3v) is 4.19. The third-order valence-electron chi connectivity index (χ3n) is 3.47. The van der Waals surface area contributed by atoms with Crippen LogP contribution < -0.4 is 5.32 Å². The van der Waals surface area contributed by atoms with Crippen molar-refractivity contribution in [3.05, 3.63) is 52.3 Å². The normalized spacial score (nSPS) is 12.6. The van der Waals surface area contributed by atoms with E-state index < -0.39 is 0 Å². The van der Waals surface area contributed by atoms with Crippen molar-refractivity contribution in [2.45, 2.75) is 18.8 Å². The molecule has 1 unspecified atom stereocenters. The average molecular weight is 322 g/mol. The van der Waals surface area contributed by atoms with Gasteiger partial charge in [0, 0.05) is 30.0 Å². The van der Waals surface area contributed by atoms with Crippen molar-refractivity contribution in [3.63, 3.8) is 0 Å². The number of halogens is 1. The molecule has 0 fully saturated rings. The molecule has 0 aliphatic heterocycles. The number of benzene rings is 1. The second kappa shape index (κ2) is 6.87. The summed E-state index contributed by atoms with van der Waals surface area (Å²) >= 11 is 3.65. The minimum Gasteiger partial charge on any atom is -0.319 e. The first kappa shape index (κ1) is 14.3. The van der Waals surface area contributed by atoms with Crippen molar-refractivity contribution in [1.82, 2.24) is 15.1 Å². The Kier molecular flexibility index (Phi) is 5.16. The predicted molar refractivity (Wildman–Crippen MR) is 82.3 cm³/mol. The van der Waals surface area contributed by atoms with Gasteiger partial charge in [0.25, 0.3) is 0 Å². The maximum Gasteiger partial charge on any atom is 0.0492 e. The summed E-state index contributed by atoms with van der Waals surface area (Å²) in [5, 5.41) is 7.52. The van der Waals surface area contributed by atoms with Crippen LogP contribution in [0.4, 0.5) is 0 Å². The number of aromatic nitrogens is 2. The Labute approximate surface area is 123 Å². The van der Waals surface area contributed by atoms with Crippen LogP contribution in [0.2, 0.25) is 0 Å². The van der Waals surface area contributed by atoms with Crippen molar-refractivity contribution < 1.29 is 0 Å². The number of nitrogens with one attached hydrogen (secondary N) is 1. The fourth-order valence-electron chi connectivity index (χ4n) is 2.39. The molecule has 0 aliphatic carbocycles. The van der Waals surface area contributed by atoms with Crippen LogP contribution in [0.1, 0.15) is 23.6 Å². The van der Waals surface area contributed by atoms with E-state index in [1.54, 1.807) is 0 Å². The molecular formula is C15H20BrN3. The van der Waals surface area contributed by atoms with E-state index in [2.05, 4.69) is 56.7 Å². The Hall–Kier alpha value is -1.13. The van der Waals surface area contributed by atoms with Gasteiger partial charge < -0.3 is 5.32 Å². The first-order valence-corrected chi connectivity index (χ1v) is 7.37. The van der Waals surface area contributed by atoms with E-state index in [9.17, 15) is 0 Å². The van der Waals surface area contributed by atoms with Crippen molar-refractivity contribution >= 4 is 15.9 Å². The molecule has 1 aromatic carbocycles. The van der Waals surface area contributed by atoms with Crippen LogP contribution >= 0.6 is 15.9 Å². The standard InChI is InChI=1S/C15H20BrN3/c1-17-11-12(14-5-3-4-6-15(14)16)7-8-13-9-10-18-19(13)2/h3-6,9-10,12,17H,7-8,11H2,1-2H3. The van der Waals surface area contributed by atoms with Gasteiger partial charge in [-0.05, 0) is 43.5 Å². The quantitative estimate of drug-likeness (QED) is 0.886. The molecule has 2 aromatic rings. The van der Waals surface area contributed by atoms with Crippen LogP contribution in [0.25, 0.3) is 0 Å². The summed E-state index contributed by atoms with van der Waals surface area (Å²) in [7, 11) is 4.01. The van der Waals surface area contributed by atoms with Gasteiger partial charge in [-0.3, -0.25) is 4.68 Å². The van der Waals surface area contributed by atoms with E-state index in [0.29, 0.717) is 5.92 Å². The van der Waals surface area contributed by atoms with Gasteiger partial charge in [-0.2, -0.15) is 5.10 Å². The number of hydrogen-bond acceptors (Lipinski definition) is 2. The molecule has 0 bridgehead atoms. The molecule has 4 heteroatoms. The summed E-state index contributed by atoms with van der Waals surface area (Å²) in [5.41, 5.74) is 2.66. The second-order valence-electron chi connectivity index (χ2n) is 4.76. The molecule has 0 spiro atoms. The highest BCUT2D eigenvalue weighted by Crippen LogP contribution is 2.28. The van der Waals surface area contributed by atoms with Gasteiger partial charge in [-0.1, -0.05) is 34.1 Å². The third kappa shape index (κ3) is 3.67. The van der Waals surface area contributed by atoms with Crippen LogP contribution in [0.5, 0.6) is 0 Å². The van der Waals surface area contributed by atoms with Crippen LogP contribution in [0.3, 0.4) is 0 Å². The predicted octanol–water partition coefficient (Wildman–Crippen LogP) is 3.12. The average Bonchev–Trinajstić information content (AvgIpc) is 2.81. The van der Waals surface area contributed by atoms with E-state index in [1.165, 1.54) is 15.7 Å². The van der Waals surface area contributed by atoms with Crippen molar-refractivity contribution in [2.75, 3.05) is 13.6 Å². The zero-order valence-electron chi connectivity index (χ0n) is 11.4. The summed E-state index contributed by atoms with van der Waals surface area (Å²) in [4.78, 5) is 0. The fraction of sp³-hybridized carbons (Fsp3) is 0.400. The summed E-state index contributed by atoms with van der Waals surface area (Å²) in [6.07, 6.45) is 4.02. The highest BCUT2D eigenvalue weighted by molar-refractivity contribution is 9.10. The molecule has 1 atom stereocenters. The Bertz CT molecular complexity index is 522. The lowest BCUT2D eigenvalue weighted by molar-refractivity contribution is 0.565. The van der Waals surface area contributed by atoms with E-state index >= 15 is 0 Å². The molecule has 2 rings (SSSR count). The van der Waals surface area contributed by atoms with E-state index in [-0.39, 0.29) is 0 Å². The van der Waals surface area contributed by atoms with Crippen molar-refractivity contribution in [3.8, 4) is 0 Å². The number of aryl methyl sites for hydroxylation is 2. The lowest BCUT2D eigenvalue weighted by atomic mass is 9.93. The number of rotatable bonds is 6. The lowest BCUT2D eigenvalue weighted by Crippen LogP contribution is -2.18. The van der Waals surface area contributed by atoms with Gasteiger partial charge in [0.15, 0.2) is 0 Å². The maximum atomic E-state index is 4.22. The lowest BCUT2D eigenvalue weighted by Gasteiger charge is -2.18. The smallest absolute Gasteiger partial charge is 0.0492 e. The van der Waals surface area contributed by atoms with E-state index in [1.807, 2.05) is 25.0 Å². The maximum absolute atomic E-state index is 4.22. The van der Waals surface area contributed by atoms with Crippen LogP contribution in [0.15, 0.2) is 41.0 Å². The zero-order chi connectivity index (χ0) is 13.7. The van der Waals surface area contributed by atoms with Gasteiger partial charge in [0.05, 0.1) is 0 Å². The Balaban J connectivity index is 2.09. The van der Waals surface area contributed by atoms with Gasteiger partial charge in [-0.15, -0.1) is 0 Å². The molecule has 1 N–H and O–H groups in total. The highest BCUT2D eigenvalue weighted by Gasteiger charge is 2.14. The molecule has 0 radical (unpaired) electrons. The molecule has 1 aromatic heterocycles. The first-order chi connectivity index (χ1) is 9.22. The number of nitrogens with zero attached hydrogens (tertiary/aromatic N) is 2. The van der Waals surface area contributed by atoms with Gasteiger partial charge in [0.1, 0.15) is 0 Å². The summed E-state index contributed by atoms with van der Waals surface area (Å²) in [5.74, 6) is 0.510. The fourth-order valence-corrected chi connectivity index (χ4v) is 3.00. The van der Waals surface area contributed by atoms with Crippen LogP contribution in [0, 0.1) is 0 Å². The Morgan fingerprint density at radius 2 is 2.11 bits per heavy atom. The van der Waals surface area contributed by atoms with Crippen LogP contribution in [-0.4, -0.2) is 23.4 Å². The van der Waals surface area contributed by atoms with E-state index in [4.69, 9.17) is 0 Å². The van der Waals surface area contributed by atoms with Crippen molar-refractivity contribution in [1.29, 1.82) is 0 Å². The molecule has 0 saturated carbocycles. The summed E-state index contributed by atoms with van der Waals surface area (Å²) in [6, 6.07) is 10.6. The number of likely N-dealkylation sites (N-methyl/N-ethyl adjacent to an activating group) is 1. The molecule has 3 nitrogen and oxygen atoms in total. The highest BCUT2D eigenvalue weighted by atomic mass is 79.9. The number of hydrogen-bond donors (Lipinski definition) is 1. The minimum absolute atomic E-state index is 0.510. The zero-order valence-corrected chi connectivity index (χ0v) is 13.0.